The summed E-state index contributed by atoms with van der Waals surface area (Å²) in [6.07, 6.45) is -3.92. The number of likely N-dealkylation sites (N-methyl/N-ethyl adjacent to an activating group) is 1. The third-order valence-corrected chi connectivity index (χ3v) is 4.19. The van der Waals surface area contributed by atoms with Crippen LogP contribution in [0, 0.1) is 5.92 Å². The fourth-order valence-corrected chi connectivity index (χ4v) is 2.64. The molecule has 1 aromatic heterocycles. The van der Waals surface area contributed by atoms with Crippen LogP contribution in [0.4, 0.5) is 18.9 Å². The van der Waals surface area contributed by atoms with Crippen LogP contribution in [0.1, 0.15) is 12.1 Å². The second kappa shape index (κ2) is 8.45. The molecule has 2 heterocycles. The maximum absolute atomic E-state index is 12.5. The summed E-state index contributed by atoms with van der Waals surface area (Å²) in [5.74, 6) is -2.54. The molecule has 0 aromatic carbocycles. The van der Waals surface area contributed by atoms with Gasteiger partial charge in [-0.15, -0.1) is 0 Å². The molecule has 144 valence electrons. The number of amides is 1. The van der Waals surface area contributed by atoms with Gasteiger partial charge in [-0.1, -0.05) is 0 Å². The van der Waals surface area contributed by atoms with Crippen molar-refractivity contribution in [1.29, 1.82) is 0 Å². The summed E-state index contributed by atoms with van der Waals surface area (Å²) in [6.45, 7) is 3.36. The zero-order valence-electron chi connectivity index (χ0n) is 14.3. The number of aromatic nitrogens is 1. The molecular weight excluding hydrogens is 353 g/mol. The molecule has 1 aliphatic rings. The average molecular weight is 374 g/mol. The number of carboxylic acids is 1. The highest BCUT2D eigenvalue weighted by Crippen LogP contribution is 2.27. The minimum absolute atomic E-state index is 0.0896. The fraction of sp³-hybridized carbons (Fsp3) is 0.562. The third kappa shape index (κ3) is 5.95. The van der Waals surface area contributed by atoms with Gasteiger partial charge in [-0.3, -0.25) is 14.5 Å². The number of carbonyl (C=O) groups excluding carboxylic acids is 1. The van der Waals surface area contributed by atoms with Crippen molar-refractivity contribution < 1.29 is 27.9 Å². The molecule has 0 spiro atoms. The Kier molecular flexibility index (Phi) is 6.54. The lowest BCUT2D eigenvalue weighted by molar-refractivity contribution is -0.144. The SMILES string of the molecule is CN1CCN(CC(CC(=O)Nc2ccc(C(F)(F)F)nc2)C(=O)O)CC1. The lowest BCUT2D eigenvalue weighted by Gasteiger charge is -2.33. The second-order valence-corrected chi connectivity index (χ2v) is 6.32. The Morgan fingerprint density at radius 1 is 1.27 bits per heavy atom. The van der Waals surface area contributed by atoms with Gasteiger partial charge in [-0.2, -0.15) is 13.2 Å². The summed E-state index contributed by atoms with van der Waals surface area (Å²) in [7, 11) is 1.98. The van der Waals surface area contributed by atoms with Crippen LogP contribution in [0.2, 0.25) is 0 Å². The molecule has 10 heteroatoms. The molecule has 1 saturated heterocycles. The van der Waals surface area contributed by atoms with E-state index in [0.717, 1.165) is 44.5 Å². The number of carboxylic acid groups (broad SMARTS) is 1. The monoisotopic (exact) mass is 374 g/mol. The Hall–Kier alpha value is -2.20. The maximum atomic E-state index is 12.5. The normalized spacial score (nSPS) is 17.7. The van der Waals surface area contributed by atoms with Crippen LogP contribution < -0.4 is 5.32 Å². The van der Waals surface area contributed by atoms with Crippen LogP contribution in [0.5, 0.6) is 0 Å². The number of anilines is 1. The summed E-state index contributed by atoms with van der Waals surface area (Å²) >= 11 is 0. The Morgan fingerprint density at radius 2 is 1.92 bits per heavy atom. The van der Waals surface area contributed by atoms with Crippen LogP contribution in [0.15, 0.2) is 18.3 Å². The zero-order chi connectivity index (χ0) is 19.3. The number of alkyl halides is 3. The molecule has 0 aliphatic carbocycles. The van der Waals surface area contributed by atoms with Gasteiger partial charge < -0.3 is 15.3 Å². The number of nitrogens with one attached hydrogen (secondary N) is 1. The summed E-state index contributed by atoms with van der Waals surface area (Å²) in [4.78, 5) is 30.9. The Balaban J connectivity index is 1.90. The van der Waals surface area contributed by atoms with E-state index in [2.05, 4.69) is 15.2 Å². The van der Waals surface area contributed by atoms with Gasteiger partial charge in [-0.05, 0) is 19.2 Å². The summed E-state index contributed by atoms with van der Waals surface area (Å²) in [6, 6.07) is 1.85. The zero-order valence-corrected chi connectivity index (χ0v) is 14.3. The average Bonchev–Trinajstić information content (AvgIpc) is 2.55. The van der Waals surface area contributed by atoms with Gasteiger partial charge in [0, 0.05) is 39.1 Å². The molecule has 7 nitrogen and oxygen atoms in total. The third-order valence-electron chi connectivity index (χ3n) is 4.19. The van der Waals surface area contributed by atoms with Crippen molar-refractivity contribution in [2.24, 2.45) is 5.92 Å². The number of carbonyl (C=O) groups is 2. The molecule has 1 aliphatic heterocycles. The predicted octanol–water partition coefficient (Wildman–Crippen LogP) is 1.38. The van der Waals surface area contributed by atoms with E-state index >= 15 is 0 Å². The van der Waals surface area contributed by atoms with Gasteiger partial charge in [-0.25, -0.2) is 4.98 Å². The fourth-order valence-electron chi connectivity index (χ4n) is 2.64. The van der Waals surface area contributed by atoms with Crippen molar-refractivity contribution in [3.8, 4) is 0 Å². The Bertz CT molecular complexity index is 629. The van der Waals surface area contributed by atoms with Gasteiger partial charge in [0.15, 0.2) is 0 Å². The van der Waals surface area contributed by atoms with Gasteiger partial charge in [0.1, 0.15) is 5.69 Å². The van der Waals surface area contributed by atoms with Crippen molar-refractivity contribution in [2.45, 2.75) is 12.6 Å². The van der Waals surface area contributed by atoms with Crippen LogP contribution in [0.3, 0.4) is 0 Å². The standard InChI is InChI=1S/C16H21F3N4O3/c1-22-4-6-23(7-5-22)10-11(15(25)26)8-14(24)21-12-2-3-13(20-9-12)16(17,18)19/h2-3,9,11H,4-8,10H2,1H3,(H,21,24)(H,25,26). The molecule has 1 amide bonds. The van der Waals surface area contributed by atoms with Gasteiger partial charge in [0.2, 0.25) is 5.91 Å². The first-order valence-electron chi connectivity index (χ1n) is 8.12. The number of hydrogen-bond acceptors (Lipinski definition) is 5. The van der Waals surface area contributed by atoms with E-state index in [-0.39, 0.29) is 18.7 Å². The number of aliphatic carboxylic acids is 1. The van der Waals surface area contributed by atoms with Crippen LogP contribution in [-0.4, -0.2) is 71.5 Å². The second-order valence-electron chi connectivity index (χ2n) is 6.32. The van der Waals surface area contributed by atoms with Gasteiger partial charge in [0.05, 0.1) is 17.8 Å². The van der Waals surface area contributed by atoms with Crippen LogP contribution >= 0.6 is 0 Å². The number of rotatable bonds is 6. The van der Waals surface area contributed by atoms with Crippen LogP contribution in [-0.2, 0) is 15.8 Å². The number of halogens is 3. The summed E-state index contributed by atoms with van der Waals surface area (Å²) < 4.78 is 37.4. The van der Waals surface area contributed by atoms with E-state index < -0.39 is 29.7 Å². The molecule has 1 fully saturated rings. The van der Waals surface area contributed by atoms with E-state index in [0.29, 0.717) is 0 Å². The molecule has 26 heavy (non-hydrogen) atoms. The molecule has 1 aromatic rings. The maximum Gasteiger partial charge on any atom is 0.433 e. The Labute approximate surface area is 148 Å². The molecule has 0 radical (unpaired) electrons. The smallest absolute Gasteiger partial charge is 0.433 e. The summed E-state index contributed by atoms with van der Waals surface area (Å²) in [5.41, 5.74) is -0.972. The highest BCUT2D eigenvalue weighted by atomic mass is 19.4. The first-order chi connectivity index (χ1) is 12.1. The van der Waals surface area contributed by atoms with E-state index in [4.69, 9.17) is 0 Å². The molecule has 1 atom stereocenters. The molecule has 2 N–H and O–H groups in total. The predicted molar refractivity (Wildman–Crippen MR) is 87.5 cm³/mol. The van der Waals surface area contributed by atoms with Crippen molar-refractivity contribution >= 4 is 17.6 Å². The van der Waals surface area contributed by atoms with Gasteiger partial charge >= 0.3 is 12.1 Å². The number of hydrogen-bond donors (Lipinski definition) is 2. The van der Waals surface area contributed by atoms with Crippen molar-refractivity contribution in [2.75, 3.05) is 45.1 Å². The minimum atomic E-state index is -4.56. The van der Waals surface area contributed by atoms with Crippen LogP contribution in [0.25, 0.3) is 0 Å². The van der Waals surface area contributed by atoms with Crippen molar-refractivity contribution in [3.63, 3.8) is 0 Å². The van der Waals surface area contributed by atoms with E-state index in [9.17, 15) is 27.9 Å². The van der Waals surface area contributed by atoms with Crippen molar-refractivity contribution in [3.05, 3.63) is 24.0 Å². The molecule has 0 bridgehead atoms. The molecule has 0 saturated carbocycles. The largest absolute Gasteiger partial charge is 0.481 e. The number of piperazine rings is 1. The molecular formula is C16H21F3N4O3. The van der Waals surface area contributed by atoms with Crippen molar-refractivity contribution in [1.82, 2.24) is 14.8 Å². The lowest BCUT2D eigenvalue weighted by Crippen LogP contribution is -2.47. The first-order valence-corrected chi connectivity index (χ1v) is 8.12. The highest BCUT2D eigenvalue weighted by Gasteiger charge is 2.32. The molecule has 2 rings (SSSR count). The highest BCUT2D eigenvalue weighted by molar-refractivity contribution is 5.93. The number of pyridine rings is 1. The van der Waals surface area contributed by atoms with E-state index in [1.807, 2.05) is 11.9 Å². The topological polar surface area (TPSA) is 85.8 Å². The Morgan fingerprint density at radius 3 is 2.42 bits per heavy atom. The lowest BCUT2D eigenvalue weighted by atomic mass is 10.0. The van der Waals surface area contributed by atoms with E-state index in [1.165, 1.54) is 0 Å². The molecule has 1 unspecified atom stereocenters. The van der Waals surface area contributed by atoms with Gasteiger partial charge in [0.25, 0.3) is 0 Å². The van der Waals surface area contributed by atoms with E-state index in [1.54, 1.807) is 0 Å². The summed E-state index contributed by atoms with van der Waals surface area (Å²) in [5, 5.41) is 11.7. The quantitative estimate of drug-likeness (QED) is 0.783. The minimum Gasteiger partial charge on any atom is -0.481 e. The number of nitrogens with zero attached hydrogens (tertiary/aromatic N) is 3. The first kappa shape index (κ1) is 20.1.